The van der Waals surface area contributed by atoms with Crippen molar-refractivity contribution in [3.63, 3.8) is 0 Å². The molecule has 0 unspecified atom stereocenters. The van der Waals surface area contributed by atoms with Crippen molar-refractivity contribution in [2.24, 2.45) is 0 Å². The summed E-state index contributed by atoms with van der Waals surface area (Å²) in [6.07, 6.45) is 10.0. The molecule has 0 N–H and O–H groups in total. The fraction of sp³-hybridized carbons (Fsp3) is 0.185. The minimum absolute atomic E-state index is 0.0703. The number of hydrogen-bond donors (Lipinski definition) is 0. The third kappa shape index (κ3) is 2.55. The molecular weight excluding hydrogens is 355 g/mol. The zero-order valence-electron chi connectivity index (χ0n) is 15.9. The summed E-state index contributed by atoms with van der Waals surface area (Å²) in [4.78, 5) is 0. The maximum Gasteiger partial charge on any atom is -0.00207 e. The number of benzene rings is 4. The topological polar surface area (TPSA) is 0 Å². The Hall–Kier alpha value is -2.43. The van der Waals surface area contributed by atoms with Crippen molar-refractivity contribution in [1.29, 1.82) is 0 Å². The maximum absolute atomic E-state index is 2.51. The van der Waals surface area contributed by atoms with E-state index < -0.39 is 0 Å². The molecule has 0 radical (unpaired) electrons. The molecule has 0 spiro atoms. The molecule has 0 aromatic heterocycles. The van der Waals surface area contributed by atoms with Crippen molar-refractivity contribution in [3.05, 3.63) is 96.1 Å². The molecule has 4 aromatic rings. The van der Waals surface area contributed by atoms with E-state index in [-0.39, 0.29) is 7.92 Å². The molecule has 2 aliphatic rings. The first-order valence-electron chi connectivity index (χ1n) is 10.3. The van der Waals surface area contributed by atoms with E-state index in [1.165, 1.54) is 57.8 Å². The molecule has 28 heavy (non-hydrogen) atoms. The Morgan fingerprint density at radius 3 is 1.75 bits per heavy atom. The summed E-state index contributed by atoms with van der Waals surface area (Å²) in [7, 11) is -0.0703. The van der Waals surface area contributed by atoms with Crippen molar-refractivity contribution in [3.8, 4) is 11.1 Å². The van der Waals surface area contributed by atoms with Gasteiger partial charge in [-0.2, -0.15) is 0 Å². The van der Waals surface area contributed by atoms with Crippen LogP contribution in [0, 0.1) is 0 Å². The van der Waals surface area contributed by atoms with Crippen LogP contribution >= 0.6 is 7.92 Å². The third-order valence-corrected chi connectivity index (χ3v) is 9.35. The number of rotatable bonds is 1. The van der Waals surface area contributed by atoms with Gasteiger partial charge in [0.05, 0.1) is 0 Å². The quantitative estimate of drug-likeness (QED) is 0.233. The first kappa shape index (κ1) is 16.5. The van der Waals surface area contributed by atoms with Gasteiger partial charge in [-0.1, -0.05) is 92.9 Å². The second-order valence-corrected chi connectivity index (χ2v) is 10.6. The Labute approximate surface area is 167 Å². The highest BCUT2D eigenvalue weighted by atomic mass is 31.1. The zero-order valence-corrected chi connectivity index (χ0v) is 16.8. The Bertz CT molecular complexity index is 1150. The molecule has 0 saturated carbocycles. The van der Waals surface area contributed by atoms with Gasteiger partial charge >= 0.3 is 0 Å². The molecule has 1 atom stereocenters. The Balaban J connectivity index is 1.70. The summed E-state index contributed by atoms with van der Waals surface area (Å²) in [5, 5.41) is 5.53. The van der Waals surface area contributed by atoms with Crippen LogP contribution in [0.4, 0.5) is 0 Å². The summed E-state index contributed by atoms with van der Waals surface area (Å²) in [6.45, 7) is 0. The average molecular weight is 378 g/mol. The lowest BCUT2D eigenvalue weighted by Gasteiger charge is -2.22. The summed E-state index contributed by atoms with van der Waals surface area (Å²) >= 11 is 0. The second-order valence-electron chi connectivity index (χ2n) is 8.12. The van der Waals surface area contributed by atoms with Gasteiger partial charge < -0.3 is 0 Å². The van der Waals surface area contributed by atoms with E-state index in [0.717, 1.165) is 5.66 Å². The van der Waals surface area contributed by atoms with Gasteiger partial charge in [0.2, 0.25) is 0 Å². The minimum Gasteiger partial charge on any atom is -0.0906 e. The smallest absolute Gasteiger partial charge is 0.00207 e. The van der Waals surface area contributed by atoms with Gasteiger partial charge in [0.25, 0.3) is 0 Å². The van der Waals surface area contributed by atoms with Crippen LogP contribution in [-0.2, 0) is 12.3 Å². The van der Waals surface area contributed by atoms with E-state index in [2.05, 4.69) is 84.9 Å². The molecule has 6 rings (SSSR count). The molecule has 136 valence electrons. The Morgan fingerprint density at radius 2 is 1.21 bits per heavy atom. The molecule has 1 aliphatic heterocycles. The van der Waals surface area contributed by atoms with Gasteiger partial charge in [0.1, 0.15) is 0 Å². The molecule has 1 aliphatic carbocycles. The van der Waals surface area contributed by atoms with Crippen LogP contribution in [-0.4, -0.2) is 5.66 Å². The fourth-order valence-electron chi connectivity index (χ4n) is 5.14. The molecule has 0 bridgehead atoms. The normalized spacial score (nSPS) is 18.9. The van der Waals surface area contributed by atoms with Crippen LogP contribution in [0.5, 0.6) is 0 Å². The lowest BCUT2D eigenvalue weighted by molar-refractivity contribution is 0.926. The zero-order chi connectivity index (χ0) is 18.5. The van der Waals surface area contributed by atoms with E-state index >= 15 is 0 Å². The van der Waals surface area contributed by atoms with Crippen molar-refractivity contribution in [1.82, 2.24) is 0 Å². The van der Waals surface area contributed by atoms with Crippen molar-refractivity contribution < 1.29 is 0 Å². The van der Waals surface area contributed by atoms with Gasteiger partial charge in [0, 0.05) is 0 Å². The largest absolute Gasteiger partial charge is 0.0906 e. The van der Waals surface area contributed by atoms with Crippen molar-refractivity contribution >= 4 is 29.5 Å². The van der Waals surface area contributed by atoms with Gasteiger partial charge in [-0.3, -0.25) is 0 Å². The van der Waals surface area contributed by atoms with Gasteiger partial charge in [-0.25, -0.2) is 0 Å². The van der Waals surface area contributed by atoms with Crippen molar-refractivity contribution in [2.45, 2.75) is 30.8 Å². The molecule has 0 nitrogen and oxygen atoms in total. The van der Waals surface area contributed by atoms with E-state index in [1.54, 1.807) is 11.1 Å². The van der Waals surface area contributed by atoms with Crippen LogP contribution in [0.3, 0.4) is 0 Å². The first-order valence-corrected chi connectivity index (χ1v) is 12.1. The number of hydrogen-bond acceptors (Lipinski definition) is 0. The fourth-order valence-corrected chi connectivity index (χ4v) is 8.00. The first-order chi connectivity index (χ1) is 13.9. The number of fused-ring (bicyclic) bond motifs is 7. The second kappa shape index (κ2) is 6.57. The van der Waals surface area contributed by atoms with E-state index in [1.807, 2.05) is 0 Å². The maximum atomic E-state index is 2.51. The summed E-state index contributed by atoms with van der Waals surface area (Å²) < 4.78 is 0. The van der Waals surface area contributed by atoms with Gasteiger partial charge in [-0.15, -0.1) is 0 Å². The van der Waals surface area contributed by atoms with Crippen LogP contribution in [0.1, 0.15) is 24.0 Å². The van der Waals surface area contributed by atoms with E-state index in [0.29, 0.717) is 0 Å². The molecule has 0 amide bonds. The standard InChI is InChI=1S/C27H23P/c1-5-11-24-19(7-1)13-15-21-17-28(23-9-3-4-10-23)18-22-16-14-20-8-2-6-12-25(20)27(22)26(21)24/h1-3,5-9,11-16,23H,4,10,17-18H2/t23-/m1/s1. The Kier molecular flexibility index (Phi) is 3.88. The highest BCUT2D eigenvalue weighted by Crippen LogP contribution is 2.57. The lowest BCUT2D eigenvalue weighted by Crippen LogP contribution is -2.01. The number of allylic oxidation sites excluding steroid dienone is 2. The van der Waals surface area contributed by atoms with Gasteiger partial charge in [0.15, 0.2) is 0 Å². The van der Waals surface area contributed by atoms with Crippen LogP contribution < -0.4 is 0 Å². The predicted molar refractivity (Wildman–Crippen MR) is 123 cm³/mol. The van der Waals surface area contributed by atoms with E-state index in [4.69, 9.17) is 0 Å². The molecule has 4 aromatic carbocycles. The molecular formula is C27H23P. The molecule has 1 heterocycles. The van der Waals surface area contributed by atoms with Crippen LogP contribution in [0.2, 0.25) is 0 Å². The van der Waals surface area contributed by atoms with Crippen LogP contribution in [0.15, 0.2) is 84.9 Å². The van der Waals surface area contributed by atoms with Crippen LogP contribution in [0.25, 0.3) is 32.7 Å². The summed E-state index contributed by atoms with van der Waals surface area (Å²) in [5.41, 5.74) is 6.89. The molecule has 0 fully saturated rings. The van der Waals surface area contributed by atoms with Gasteiger partial charge in [-0.05, 0) is 74.6 Å². The SMILES string of the molecule is C1=C[C@@H](P2Cc3ccc4ccccc4c3-c3c(ccc4ccccc34)C2)CC1. The summed E-state index contributed by atoms with van der Waals surface area (Å²) in [5.74, 6) is 0. The highest BCUT2D eigenvalue weighted by Gasteiger charge is 2.28. The average Bonchev–Trinajstić information content (AvgIpc) is 3.22. The third-order valence-electron chi connectivity index (χ3n) is 6.48. The summed E-state index contributed by atoms with van der Waals surface area (Å²) in [6, 6.07) is 27.4. The highest BCUT2D eigenvalue weighted by molar-refractivity contribution is 7.57. The van der Waals surface area contributed by atoms with Crippen molar-refractivity contribution in [2.75, 3.05) is 0 Å². The molecule has 0 saturated heterocycles. The predicted octanol–water partition coefficient (Wildman–Crippen LogP) is 7.87. The van der Waals surface area contributed by atoms with E-state index in [9.17, 15) is 0 Å². The lowest BCUT2D eigenvalue weighted by atomic mass is 9.88. The molecule has 1 heteroatoms. The Morgan fingerprint density at radius 1 is 0.643 bits per heavy atom. The monoisotopic (exact) mass is 378 g/mol. The minimum atomic E-state index is -0.0703.